The maximum atomic E-state index is 4.20. The monoisotopic (exact) mass is 181 g/mol. The van der Waals surface area contributed by atoms with Crippen LogP contribution in [0, 0.1) is 0 Å². The molecule has 0 amide bonds. The Bertz CT molecular complexity index is 232. The molecule has 0 aliphatic heterocycles. The van der Waals surface area contributed by atoms with Crippen LogP contribution in [-0.2, 0) is 0 Å². The van der Waals surface area contributed by atoms with E-state index >= 15 is 0 Å². The quantitative estimate of drug-likeness (QED) is 0.505. The fraction of sp³-hybridized carbons (Fsp3) is 0.300. The molecule has 0 fully saturated rings. The lowest BCUT2D eigenvalue weighted by Crippen LogP contribution is -1.97. The second kappa shape index (κ2) is 5.84. The number of rotatable bonds is 4. The highest BCUT2D eigenvalue weighted by molar-refractivity contribution is 7.80. The molecule has 0 atom stereocenters. The summed E-state index contributed by atoms with van der Waals surface area (Å²) in [5.41, 5.74) is 2.86. The van der Waals surface area contributed by atoms with Gasteiger partial charge in [0.25, 0.3) is 0 Å². The maximum Gasteiger partial charge on any atom is 0.0658 e. The summed E-state index contributed by atoms with van der Waals surface area (Å²) in [4.78, 5) is 4.20. The molecule has 12 heavy (non-hydrogen) atoms. The molecule has 0 rings (SSSR count). The molecule has 0 aromatic carbocycles. The summed E-state index contributed by atoms with van der Waals surface area (Å²) in [6.45, 7) is 11.5. The van der Waals surface area contributed by atoms with E-state index in [1.807, 2.05) is 13.8 Å². The highest BCUT2D eigenvalue weighted by Gasteiger charge is 1.95. The standard InChI is InChI=1S/C10H15NS/c1-5-10(9(4)7-12)11-6-8(2)3/h5-6,12H,1,4,7H2,2-3H3/b11-10+. The van der Waals surface area contributed by atoms with E-state index in [0.717, 1.165) is 16.9 Å². The molecule has 0 unspecified atom stereocenters. The van der Waals surface area contributed by atoms with Gasteiger partial charge >= 0.3 is 0 Å². The van der Waals surface area contributed by atoms with Crippen LogP contribution in [0.3, 0.4) is 0 Å². The van der Waals surface area contributed by atoms with Crippen LogP contribution < -0.4 is 0 Å². The van der Waals surface area contributed by atoms with Gasteiger partial charge < -0.3 is 0 Å². The van der Waals surface area contributed by atoms with Gasteiger partial charge in [-0.1, -0.05) is 18.7 Å². The summed E-state index contributed by atoms with van der Waals surface area (Å²) >= 11 is 4.10. The first-order chi connectivity index (χ1) is 5.61. The van der Waals surface area contributed by atoms with Crippen molar-refractivity contribution < 1.29 is 0 Å². The zero-order valence-electron chi connectivity index (χ0n) is 7.67. The van der Waals surface area contributed by atoms with Gasteiger partial charge in [0.15, 0.2) is 0 Å². The largest absolute Gasteiger partial charge is 0.257 e. The summed E-state index contributed by atoms with van der Waals surface area (Å²) < 4.78 is 0. The van der Waals surface area contributed by atoms with E-state index in [-0.39, 0.29) is 0 Å². The van der Waals surface area contributed by atoms with Crippen LogP contribution in [0.25, 0.3) is 0 Å². The number of hydrogen-bond acceptors (Lipinski definition) is 2. The van der Waals surface area contributed by atoms with Crippen molar-refractivity contribution in [1.29, 1.82) is 0 Å². The first-order valence-electron chi connectivity index (χ1n) is 3.74. The average molecular weight is 181 g/mol. The molecule has 0 aromatic rings. The number of allylic oxidation sites excluding steroid dienone is 2. The molecule has 2 heteroatoms. The second-order valence-electron chi connectivity index (χ2n) is 2.69. The second-order valence-corrected chi connectivity index (χ2v) is 3.00. The Hall–Kier alpha value is -0.760. The molecule has 66 valence electrons. The van der Waals surface area contributed by atoms with E-state index < -0.39 is 0 Å². The van der Waals surface area contributed by atoms with Crippen molar-refractivity contribution in [2.24, 2.45) is 4.99 Å². The van der Waals surface area contributed by atoms with Crippen molar-refractivity contribution in [1.82, 2.24) is 0 Å². The summed E-state index contributed by atoms with van der Waals surface area (Å²) in [5, 5.41) is 0. The Labute approximate surface area is 80.0 Å². The number of hydrogen-bond donors (Lipinski definition) is 1. The zero-order valence-corrected chi connectivity index (χ0v) is 8.56. The van der Waals surface area contributed by atoms with Gasteiger partial charge in [-0.25, -0.2) is 0 Å². The van der Waals surface area contributed by atoms with E-state index in [0.29, 0.717) is 5.75 Å². The van der Waals surface area contributed by atoms with Crippen LogP contribution in [0.5, 0.6) is 0 Å². The van der Waals surface area contributed by atoms with Crippen molar-refractivity contribution in [3.63, 3.8) is 0 Å². The smallest absolute Gasteiger partial charge is 0.0658 e. The lowest BCUT2D eigenvalue weighted by molar-refractivity contribution is 1.33. The van der Waals surface area contributed by atoms with Crippen molar-refractivity contribution in [3.05, 3.63) is 36.6 Å². The third-order valence-electron chi connectivity index (χ3n) is 1.21. The van der Waals surface area contributed by atoms with Gasteiger partial charge in [-0.2, -0.15) is 12.6 Å². The average Bonchev–Trinajstić information content (AvgIpc) is 2.04. The Morgan fingerprint density at radius 1 is 1.50 bits per heavy atom. The van der Waals surface area contributed by atoms with Crippen molar-refractivity contribution >= 4 is 18.3 Å². The molecule has 0 saturated heterocycles. The lowest BCUT2D eigenvalue weighted by Gasteiger charge is -1.99. The molecule has 0 saturated carbocycles. The van der Waals surface area contributed by atoms with Gasteiger partial charge in [-0.15, -0.1) is 0 Å². The highest BCUT2D eigenvalue weighted by Crippen LogP contribution is 2.01. The Morgan fingerprint density at radius 3 is 2.42 bits per heavy atom. The summed E-state index contributed by atoms with van der Waals surface area (Å²) in [5.74, 6) is 0.613. The maximum absolute atomic E-state index is 4.20. The molecule has 0 heterocycles. The molecule has 0 spiro atoms. The first kappa shape index (κ1) is 11.2. The minimum atomic E-state index is 0.613. The molecule has 1 nitrogen and oxygen atoms in total. The van der Waals surface area contributed by atoms with Gasteiger partial charge in [0, 0.05) is 12.0 Å². The van der Waals surface area contributed by atoms with E-state index in [1.165, 1.54) is 0 Å². The fourth-order valence-corrected chi connectivity index (χ4v) is 0.730. The molecular formula is C10H15NS. The Morgan fingerprint density at radius 2 is 2.08 bits per heavy atom. The van der Waals surface area contributed by atoms with Gasteiger partial charge in [-0.05, 0) is 25.5 Å². The van der Waals surface area contributed by atoms with Crippen molar-refractivity contribution in [2.75, 3.05) is 5.75 Å². The summed E-state index contributed by atoms with van der Waals surface area (Å²) in [6.07, 6.45) is 3.49. The first-order valence-corrected chi connectivity index (χ1v) is 4.37. The SMILES string of the molecule is C=C/C(=N\C=C(C)C)C(=C)CS. The number of nitrogens with zero attached hydrogens (tertiary/aromatic N) is 1. The van der Waals surface area contributed by atoms with Crippen molar-refractivity contribution in [3.8, 4) is 0 Å². The van der Waals surface area contributed by atoms with Crippen LogP contribution in [0.1, 0.15) is 13.8 Å². The number of aliphatic imine (C=N–C) groups is 1. The minimum absolute atomic E-state index is 0.613. The lowest BCUT2D eigenvalue weighted by atomic mass is 10.2. The molecule has 0 bridgehead atoms. The van der Waals surface area contributed by atoms with E-state index in [4.69, 9.17) is 0 Å². The Kier molecular flexibility index (Phi) is 5.47. The minimum Gasteiger partial charge on any atom is -0.257 e. The Balaban J connectivity index is 4.55. The summed E-state index contributed by atoms with van der Waals surface area (Å²) in [7, 11) is 0. The van der Waals surface area contributed by atoms with Crippen molar-refractivity contribution in [2.45, 2.75) is 13.8 Å². The van der Waals surface area contributed by atoms with Gasteiger partial charge in [0.05, 0.1) is 5.71 Å². The van der Waals surface area contributed by atoms with Crippen LogP contribution in [0.2, 0.25) is 0 Å². The molecular weight excluding hydrogens is 166 g/mol. The zero-order chi connectivity index (χ0) is 9.56. The van der Waals surface area contributed by atoms with Crippen LogP contribution in [0.4, 0.5) is 0 Å². The predicted octanol–water partition coefficient (Wildman–Crippen LogP) is 3.02. The molecule has 0 radical (unpaired) electrons. The van der Waals surface area contributed by atoms with Crippen LogP contribution >= 0.6 is 12.6 Å². The summed E-state index contributed by atoms with van der Waals surface area (Å²) in [6, 6.07) is 0. The third kappa shape index (κ3) is 4.19. The molecule has 0 aliphatic rings. The topological polar surface area (TPSA) is 12.4 Å². The van der Waals surface area contributed by atoms with Gasteiger partial charge in [0.2, 0.25) is 0 Å². The van der Waals surface area contributed by atoms with Gasteiger partial charge in [0.1, 0.15) is 0 Å². The fourth-order valence-electron chi connectivity index (χ4n) is 0.568. The van der Waals surface area contributed by atoms with Crippen LogP contribution in [0.15, 0.2) is 41.6 Å². The predicted molar refractivity (Wildman–Crippen MR) is 60.1 cm³/mol. The molecule has 0 N–H and O–H groups in total. The number of thiol groups is 1. The molecule has 0 aliphatic carbocycles. The van der Waals surface area contributed by atoms with E-state index in [9.17, 15) is 0 Å². The third-order valence-corrected chi connectivity index (χ3v) is 1.59. The normalized spacial score (nSPS) is 10.8. The van der Waals surface area contributed by atoms with Gasteiger partial charge in [-0.3, -0.25) is 4.99 Å². The highest BCUT2D eigenvalue weighted by atomic mass is 32.1. The van der Waals surface area contributed by atoms with E-state index in [2.05, 4.69) is 30.8 Å². The van der Waals surface area contributed by atoms with E-state index in [1.54, 1.807) is 12.3 Å². The molecule has 0 aromatic heterocycles. The van der Waals surface area contributed by atoms with Crippen LogP contribution in [-0.4, -0.2) is 11.5 Å².